The first-order valence-electron chi connectivity index (χ1n) is 8.76. The molecule has 0 aliphatic rings. The van der Waals surface area contributed by atoms with Crippen molar-refractivity contribution < 1.29 is 9.53 Å². The molecule has 3 N–H and O–H groups in total. The van der Waals surface area contributed by atoms with Crippen LogP contribution in [0.25, 0.3) is 0 Å². The van der Waals surface area contributed by atoms with Crippen LogP contribution < -0.4 is 15.8 Å². The lowest BCUT2D eigenvalue weighted by Gasteiger charge is -2.16. The summed E-state index contributed by atoms with van der Waals surface area (Å²) in [5, 5.41) is 2.89. The number of benzene rings is 3. The van der Waals surface area contributed by atoms with Gasteiger partial charge in [-0.05, 0) is 82.9 Å². The van der Waals surface area contributed by atoms with Gasteiger partial charge in [0, 0.05) is 15.8 Å². The summed E-state index contributed by atoms with van der Waals surface area (Å²) in [6.45, 7) is 1.72. The highest BCUT2D eigenvalue weighted by Gasteiger charge is 2.16. The van der Waals surface area contributed by atoms with Gasteiger partial charge in [0.15, 0.2) is 6.10 Å². The van der Waals surface area contributed by atoms with Gasteiger partial charge in [0.25, 0.3) is 5.91 Å². The third-order valence-corrected chi connectivity index (χ3v) is 5.29. The fraction of sp³-hybridized carbons (Fsp3) is 0.136. The molecular formula is C22H20Br2N2O2. The number of hydrogen-bond acceptors (Lipinski definition) is 3. The summed E-state index contributed by atoms with van der Waals surface area (Å²) in [6.07, 6.45) is 0.179. The second kappa shape index (κ2) is 9.26. The summed E-state index contributed by atoms with van der Waals surface area (Å²) in [6, 6.07) is 21.2. The van der Waals surface area contributed by atoms with Crippen LogP contribution >= 0.6 is 31.9 Å². The maximum absolute atomic E-state index is 12.4. The van der Waals surface area contributed by atoms with Crippen LogP contribution in [0.5, 0.6) is 5.75 Å². The van der Waals surface area contributed by atoms with Gasteiger partial charge in [0.2, 0.25) is 0 Å². The lowest BCUT2D eigenvalue weighted by Crippen LogP contribution is -2.30. The molecule has 6 heteroatoms. The fourth-order valence-corrected chi connectivity index (χ4v) is 3.78. The largest absolute Gasteiger partial charge is 0.480 e. The van der Waals surface area contributed by atoms with Crippen LogP contribution in [-0.2, 0) is 11.2 Å². The standard InChI is InChI=1S/C22H20Br2N2O2/c1-14(28-21-11-6-17(23)13-20(21)24)22(27)26-19-9-4-16(5-10-19)12-15-2-7-18(25)8-3-15/h2-11,13-14H,12,25H2,1H3,(H,26,27)/t14-/m1/s1. The summed E-state index contributed by atoms with van der Waals surface area (Å²) in [7, 11) is 0. The fourth-order valence-electron chi connectivity index (χ4n) is 2.64. The van der Waals surface area contributed by atoms with Crippen molar-refractivity contribution in [2.75, 3.05) is 11.1 Å². The third-order valence-electron chi connectivity index (χ3n) is 4.18. The van der Waals surface area contributed by atoms with Crippen LogP contribution in [-0.4, -0.2) is 12.0 Å². The van der Waals surface area contributed by atoms with E-state index in [2.05, 4.69) is 37.2 Å². The van der Waals surface area contributed by atoms with E-state index >= 15 is 0 Å². The van der Waals surface area contributed by atoms with E-state index in [1.54, 1.807) is 6.92 Å². The smallest absolute Gasteiger partial charge is 0.265 e. The second-order valence-corrected chi connectivity index (χ2v) is 8.21. The Morgan fingerprint density at radius 1 is 1.00 bits per heavy atom. The highest BCUT2D eigenvalue weighted by atomic mass is 79.9. The number of amides is 1. The topological polar surface area (TPSA) is 64.3 Å². The highest BCUT2D eigenvalue weighted by molar-refractivity contribution is 9.11. The van der Waals surface area contributed by atoms with E-state index in [9.17, 15) is 4.79 Å². The lowest BCUT2D eigenvalue weighted by atomic mass is 10.0. The average Bonchev–Trinajstić information content (AvgIpc) is 2.67. The first-order chi connectivity index (χ1) is 13.4. The summed E-state index contributed by atoms with van der Waals surface area (Å²) in [5.74, 6) is 0.408. The predicted octanol–water partition coefficient (Wildman–Crippen LogP) is 5.79. The molecule has 0 aliphatic carbocycles. The molecule has 3 rings (SSSR count). The molecule has 144 valence electrons. The number of hydrogen-bond donors (Lipinski definition) is 2. The van der Waals surface area contributed by atoms with Crippen molar-refractivity contribution >= 4 is 49.1 Å². The molecule has 4 nitrogen and oxygen atoms in total. The zero-order valence-corrected chi connectivity index (χ0v) is 18.5. The van der Waals surface area contributed by atoms with Gasteiger partial charge in [0.1, 0.15) is 5.75 Å². The van der Waals surface area contributed by atoms with Gasteiger partial charge in [-0.2, -0.15) is 0 Å². The molecule has 3 aromatic rings. The number of nitrogen functional groups attached to an aromatic ring is 1. The van der Waals surface area contributed by atoms with Gasteiger partial charge >= 0.3 is 0 Å². The number of rotatable bonds is 6. The van der Waals surface area contributed by atoms with E-state index in [1.807, 2.05) is 66.7 Å². The van der Waals surface area contributed by atoms with E-state index in [0.717, 1.165) is 32.3 Å². The van der Waals surface area contributed by atoms with Gasteiger partial charge < -0.3 is 15.8 Å². The molecule has 0 aromatic heterocycles. The van der Waals surface area contributed by atoms with E-state index in [4.69, 9.17) is 10.5 Å². The van der Waals surface area contributed by atoms with Crippen molar-refractivity contribution in [1.29, 1.82) is 0 Å². The van der Waals surface area contributed by atoms with Gasteiger partial charge in [0.05, 0.1) is 4.47 Å². The number of carbonyl (C=O) groups is 1. The molecule has 0 saturated heterocycles. The summed E-state index contributed by atoms with van der Waals surface area (Å²) < 4.78 is 7.48. The van der Waals surface area contributed by atoms with Crippen molar-refractivity contribution in [3.8, 4) is 5.75 Å². The minimum Gasteiger partial charge on any atom is -0.480 e. The van der Waals surface area contributed by atoms with E-state index < -0.39 is 6.10 Å². The number of nitrogens with one attached hydrogen (secondary N) is 1. The quantitative estimate of drug-likeness (QED) is 0.418. The summed E-state index contributed by atoms with van der Waals surface area (Å²) >= 11 is 6.83. The van der Waals surface area contributed by atoms with Crippen LogP contribution in [0.4, 0.5) is 11.4 Å². The molecule has 1 atom stereocenters. The Kier molecular flexibility index (Phi) is 6.75. The Balaban J connectivity index is 1.58. The zero-order valence-electron chi connectivity index (χ0n) is 15.3. The molecule has 0 spiro atoms. The average molecular weight is 504 g/mol. The van der Waals surface area contributed by atoms with Crippen molar-refractivity contribution in [2.24, 2.45) is 0 Å². The first-order valence-corrected chi connectivity index (χ1v) is 10.4. The number of anilines is 2. The number of halogens is 2. The van der Waals surface area contributed by atoms with E-state index in [1.165, 1.54) is 5.56 Å². The van der Waals surface area contributed by atoms with Crippen molar-refractivity contribution in [2.45, 2.75) is 19.4 Å². The van der Waals surface area contributed by atoms with Crippen LogP contribution in [0.15, 0.2) is 75.7 Å². The third kappa shape index (κ3) is 5.59. The predicted molar refractivity (Wildman–Crippen MR) is 121 cm³/mol. The monoisotopic (exact) mass is 502 g/mol. The second-order valence-electron chi connectivity index (χ2n) is 6.44. The highest BCUT2D eigenvalue weighted by Crippen LogP contribution is 2.29. The van der Waals surface area contributed by atoms with Crippen molar-refractivity contribution in [3.63, 3.8) is 0 Å². The Labute approximate surface area is 181 Å². The molecule has 28 heavy (non-hydrogen) atoms. The minimum atomic E-state index is -0.632. The summed E-state index contributed by atoms with van der Waals surface area (Å²) in [4.78, 5) is 12.4. The molecule has 1 amide bonds. The van der Waals surface area contributed by atoms with E-state index in [0.29, 0.717) is 5.75 Å². The molecular weight excluding hydrogens is 484 g/mol. The van der Waals surface area contributed by atoms with Crippen LogP contribution in [0, 0.1) is 0 Å². The molecule has 0 aliphatic heterocycles. The Bertz CT molecular complexity index is 957. The van der Waals surface area contributed by atoms with Gasteiger partial charge in [-0.3, -0.25) is 4.79 Å². The Hall–Kier alpha value is -2.31. The summed E-state index contributed by atoms with van der Waals surface area (Å²) in [5.41, 5.74) is 9.56. The Morgan fingerprint density at radius 2 is 1.61 bits per heavy atom. The van der Waals surface area contributed by atoms with Gasteiger partial charge in [-0.1, -0.05) is 40.2 Å². The molecule has 0 saturated carbocycles. The molecule has 3 aromatic carbocycles. The molecule has 0 bridgehead atoms. The SMILES string of the molecule is C[C@@H](Oc1ccc(Br)cc1Br)C(=O)Nc1ccc(Cc2ccc(N)cc2)cc1. The minimum absolute atomic E-state index is 0.207. The molecule has 0 fully saturated rings. The molecule has 0 unspecified atom stereocenters. The molecule has 0 radical (unpaired) electrons. The number of ether oxygens (including phenoxy) is 1. The number of nitrogens with two attached hydrogens (primary N) is 1. The van der Waals surface area contributed by atoms with Crippen LogP contribution in [0.1, 0.15) is 18.1 Å². The maximum atomic E-state index is 12.4. The lowest BCUT2D eigenvalue weighted by molar-refractivity contribution is -0.122. The normalized spacial score (nSPS) is 11.7. The van der Waals surface area contributed by atoms with Crippen molar-refractivity contribution in [3.05, 3.63) is 86.8 Å². The van der Waals surface area contributed by atoms with Gasteiger partial charge in [-0.25, -0.2) is 0 Å². The van der Waals surface area contributed by atoms with Crippen LogP contribution in [0.3, 0.4) is 0 Å². The van der Waals surface area contributed by atoms with E-state index in [-0.39, 0.29) is 5.91 Å². The number of carbonyl (C=O) groups excluding carboxylic acids is 1. The first kappa shape index (κ1) is 20.4. The van der Waals surface area contributed by atoms with Crippen LogP contribution in [0.2, 0.25) is 0 Å². The van der Waals surface area contributed by atoms with Crippen molar-refractivity contribution in [1.82, 2.24) is 0 Å². The Morgan fingerprint density at radius 3 is 2.21 bits per heavy atom. The maximum Gasteiger partial charge on any atom is 0.265 e. The van der Waals surface area contributed by atoms with Gasteiger partial charge in [-0.15, -0.1) is 0 Å². The molecule has 0 heterocycles. The zero-order chi connectivity index (χ0) is 20.1.